The van der Waals surface area contributed by atoms with Crippen LogP contribution in [0.4, 0.5) is 11.4 Å². The Labute approximate surface area is 292 Å². The lowest BCUT2D eigenvalue weighted by molar-refractivity contribution is 0.0600. The Hall–Kier alpha value is -4.58. The average Bonchev–Trinajstić information content (AvgIpc) is 3.79. The van der Waals surface area contributed by atoms with Gasteiger partial charge in [-0.15, -0.1) is 13.2 Å². The standard InChI is InChI=1S/C16H17ClN2O5S.C15H15ClN2O5S/c1-3-6-19-25(21,22)15-8-12(16(20)23-2)14(9-13(15)17)18-10-11-5-4-7-24-11;1-2-5-18-24(21,22)14-7-11(15(19)20)13(8-12(14)16)17-9-10-4-3-6-23-10/h3-5,7-9,18-19H,1,6,10H2,2H3;2-4,6-8,17-18H,1,5,9H2,(H,19,20). The molecule has 5 N–H and O–H groups in total. The number of furan rings is 2. The number of methoxy groups -OCH3 is 1. The summed E-state index contributed by atoms with van der Waals surface area (Å²) in [5.74, 6) is -0.754. The second-order valence-corrected chi connectivity index (χ2v) is 13.9. The van der Waals surface area contributed by atoms with Crippen LogP contribution in [0.25, 0.3) is 0 Å². The van der Waals surface area contributed by atoms with E-state index in [4.69, 9.17) is 36.8 Å². The molecule has 49 heavy (non-hydrogen) atoms. The van der Waals surface area contributed by atoms with E-state index in [-0.39, 0.29) is 62.8 Å². The quantitative estimate of drug-likeness (QED) is 0.0710. The van der Waals surface area contributed by atoms with Gasteiger partial charge in [0.15, 0.2) is 0 Å². The predicted octanol–water partition coefficient (Wildman–Crippen LogP) is 5.50. The number of ether oxygens (including phenoxy) is 1. The van der Waals surface area contributed by atoms with E-state index in [1.54, 1.807) is 24.3 Å². The largest absolute Gasteiger partial charge is 0.478 e. The van der Waals surface area contributed by atoms with Gasteiger partial charge in [-0.25, -0.2) is 35.9 Å². The molecule has 4 aromatic rings. The number of sulfonamides is 2. The van der Waals surface area contributed by atoms with Gasteiger partial charge >= 0.3 is 11.9 Å². The first-order chi connectivity index (χ1) is 23.2. The number of carboxylic acid groups (broad SMARTS) is 1. The van der Waals surface area contributed by atoms with Crippen LogP contribution in [-0.4, -0.2) is 54.1 Å². The topological polar surface area (TPSA) is 206 Å². The van der Waals surface area contributed by atoms with Crippen molar-refractivity contribution in [1.29, 1.82) is 0 Å². The molecule has 0 aliphatic heterocycles. The highest BCUT2D eigenvalue weighted by molar-refractivity contribution is 7.90. The molecule has 4 rings (SSSR count). The van der Waals surface area contributed by atoms with Gasteiger partial charge in [-0.05, 0) is 48.5 Å². The van der Waals surface area contributed by atoms with Gasteiger partial charge in [0.1, 0.15) is 21.3 Å². The normalized spacial score (nSPS) is 11.2. The maximum Gasteiger partial charge on any atom is 0.340 e. The van der Waals surface area contributed by atoms with Crippen LogP contribution in [0, 0.1) is 0 Å². The van der Waals surface area contributed by atoms with Crippen molar-refractivity contribution in [2.75, 3.05) is 30.8 Å². The molecule has 0 atom stereocenters. The van der Waals surface area contributed by atoms with Crippen molar-refractivity contribution in [3.63, 3.8) is 0 Å². The molecule has 2 heterocycles. The van der Waals surface area contributed by atoms with Crippen LogP contribution >= 0.6 is 23.2 Å². The van der Waals surface area contributed by atoms with Crippen molar-refractivity contribution < 1.29 is 45.1 Å². The lowest BCUT2D eigenvalue weighted by atomic mass is 10.1. The fourth-order valence-corrected chi connectivity index (χ4v) is 7.05. The fraction of sp³-hybridized carbons (Fsp3) is 0.161. The van der Waals surface area contributed by atoms with Crippen molar-refractivity contribution in [1.82, 2.24) is 9.44 Å². The predicted molar refractivity (Wildman–Crippen MR) is 184 cm³/mol. The van der Waals surface area contributed by atoms with Crippen molar-refractivity contribution >= 4 is 66.6 Å². The lowest BCUT2D eigenvalue weighted by Crippen LogP contribution is -2.24. The highest BCUT2D eigenvalue weighted by Crippen LogP contribution is 2.31. The Morgan fingerprint density at radius 1 is 0.796 bits per heavy atom. The molecule has 0 radical (unpaired) electrons. The molecule has 262 valence electrons. The number of anilines is 2. The third-order valence-corrected chi connectivity index (χ3v) is 10.0. The molecule has 0 saturated carbocycles. The first-order valence-corrected chi connectivity index (χ1v) is 17.7. The first kappa shape index (κ1) is 38.9. The summed E-state index contributed by atoms with van der Waals surface area (Å²) in [5, 5.41) is 15.1. The molecular formula is C31H32Cl2N4O10S2. The summed E-state index contributed by atoms with van der Waals surface area (Å²) in [6.07, 6.45) is 5.77. The zero-order chi connectivity index (χ0) is 36.2. The summed E-state index contributed by atoms with van der Waals surface area (Å²) in [5.41, 5.74) is 0.338. The van der Waals surface area contributed by atoms with Gasteiger partial charge < -0.3 is 29.3 Å². The molecular weight excluding hydrogens is 723 g/mol. The van der Waals surface area contributed by atoms with Gasteiger partial charge in [0.2, 0.25) is 20.0 Å². The molecule has 2 aromatic carbocycles. The van der Waals surface area contributed by atoms with E-state index < -0.39 is 32.0 Å². The van der Waals surface area contributed by atoms with Gasteiger partial charge in [-0.2, -0.15) is 0 Å². The van der Waals surface area contributed by atoms with E-state index in [0.717, 1.165) is 6.07 Å². The highest BCUT2D eigenvalue weighted by Gasteiger charge is 2.24. The minimum atomic E-state index is -3.95. The number of halogens is 2. The minimum Gasteiger partial charge on any atom is -0.478 e. The second kappa shape index (κ2) is 17.7. The number of carboxylic acids is 1. The third-order valence-electron chi connectivity index (χ3n) is 6.26. The average molecular weight is 756 g/mol. The molecule has 0 amide bonds. The van der Waals surface area contributed by atoms with E-state index in [9.17, 15) is 31.5 Å². The molecule has 0 saturated heterocycles. The van der Waals surface area contributed by atoms with Crippen molar-refractivity contribution in [3.8, 4) is 0 Å². The Bertz CT molecular complexity index is 2000. The summed E-state index contributed by atoms with van der Waals surface area (Å²) in [6, 6.07) is 11.7. The Kier molecular flexibility index (Phi) is 14.0. The van der Waals surface area contributed by atoms with Gasteiger partial charge in [0.05, 0.1) is 65.3 Å². The molecule has 0 bridgehead atoms. The monoisotopic (exact) mass is 754 g/mol. The van der Waals surface area contributed by atoms with Crippen LogP contribution in [0.15, 0.2) is 105 Å². The van der Waals surface area contributed by atoms with Crippen LogP contribution in [-0.2, 0) is 37.9 Å². The highest BCUT2D eigenvalue weighted by atomic mass is 35.5. The minimum absolute atomic E-state index is 0.000435. The zero-order valence-electron chi connectivity index (χ0n) is 25.9. The van der Waals surface area contributed by atoms with E-state index in [0.29, 0.717) is 17.2 Å². The van der Waals surface area contributed by atoms with E-state index in [2.05, 4.69) is 33.2 Å². The number of rotatable bonds is 16. The molecule has 0 fully saturated rings. The Morgan fingerprint density at radius 3 is 1.59 bits per heavy atom. The van der Waals surface area contributed by atoms with Crippen LogP contribution in [0.3, 0.4) is 0 Å². The molecule has 0 aliphatic rings. The first-order valence-electron chi connectivity index (χ1n) is 14.0. The smallest absolute Gasteiger partial charge is 0.340 e. The van der Waals surface area contributed by atoms with Gasteiger partial charge in [-0.3, -0.25) is 0 Å². The lowest BCUT2D eigenvalue weighted by Gasteiger charge is -2.14. The Morgan fingerprint density at radius 2 is 1.22 bits per heavy atom. The SMILES string of the molecule is C=CCNS(=O)(=O)c1cc(C(=O)O)c(NCc2ccco2)cc1Cl.C=CCNS(=O)(=O)c1cc(C(=O)OC)c(NCc2ccco2)cc1Cl. The second-order valence-electron chi connectivity index (χ2n) is 9.60. The number of esters is 1. The van der Waals surface area contributed by atoms with Gasteiger partial charge in [0, 0.05) is 13.1 Å². The van der Waals surface area contributed by atoms with E-state index >= 15 is 0 Å². The number of benzene rings is 2. The maximum absolute atomic E-state index is 12.3. The molecule has 0 unspecified atom stereocenters. The third kappa shape index (κ3) is 10.7. The van der Waals surface area contributed by atoms with E-state index in [1.807, 2.05) is 0 Å². The molecule has 0 spiro atoms. The number of carbonyl (C=O) groups excluding carboxylic acids is 1. The molecule has 0 aliphatic carbocycles. The van der Waals surface area contributed by atoms with Crippen molar-refractivity contribution in [3.05, 3.63) is 119 Å². The number of hydrogen-bond acceptors (Lipinski definition) is 11. The van der Waals surface area contributed by atoms with Crippen molar-refractivity contribution in [2.45, 2.75) is 22.9 Å². The zero-order valence-corrected chi connectivity index (χ0v) is 29.0. The fourth-order valence-electron chi connectivity index (χ4n) is 3.95. The number of nitrogens with one attached hydrogen (secondary N) is 4. The van der Waals surface area contributed by atoms with Crippen LogP contribution < -0.4 is 20.1 Å². The number of hydrogen-bond donors (Lipinski definition) is 5. The summed E-state index contributed by atoms with van der Waals surface area (Å²) >= 11 is 12.1. The van der Waals surface area contributed by atoms with Gasteiger partial charge in [-0.1, -0.05) is 35.4 Å². The molecule has 2 aromatic heterocycles. The van der Waals surface area contributed by atoms with E-state index in [1.165, 1.54) is 50.0 Å². The summed E-state index contributed by atoms with van der Waals surface area (Å²) in [7, 11) is -6.64. The summed E-state index contributed by atoms with van der Waals surface area (Å²) < 4.78 is 68.6. The van der Waals surface area contributed by atoms with Crippen LogP contribution in [0.5, 0.6) is 0 Å². The van der Waals surface area contributed by atoms with Crippen LogP contribution in [0.1, 0.15) is 32.2 Å². The summed E-state index contributed by atoms with van der Waals surface area (Å²) in [4.78, 5) is 23.0. The molecule has 18 heteroatoms. The summed E-state index contributed by atoms with van der Waals surface area (Å²) in [6.45, 7) is 7.41. The van der Waals surface area contributed by atoms with Crippen LogP contribution in [0.2, 0.25) is 10.0 Å². The Balaban J connectivity index is 0.000000266. The van der Waals surface area contributed by atoms with Gasteiger partial charge in [0.25, 0.3) is 0 Å². The molecule has 14 nitrogen and oxygen atoms in total. The maximum atomic E-state index is 12.3. The number of aromatic carboxylic acids is 1. The van der Waals surface area contributed by atoms with Crippen molar-refractivity contribution in [2.24, 2.45) is 0 Å². The number of carbonyl (C=O) groups is 2.